The first-order valence-electron chi connectivity index (χ1n) is 10.4. The third-order valence-corrected chi connectivity index (χ3v) is 4.63. The molecule has 1 aliphatic rings. The summed E-state index contributed by atoms with van der Waals surface area (Å²) in [4.78, 5) is 16.2. The number of hydrogen-bond acceptors (Lipinski definition) is 5. The lowest BCUT2D eigenvalue weighted by Crippen LogP contribution is -2.51. The van der Waals surface area contributed by atoms with Crippen molar-refractivity contribution < 1.29 is 14.3 Å². The normalized spacial score (nSPS) is 15.7. The fourth-order valence-electron chi connectivity index (χ4n) is 3.06. The van der Waals surface area contributed by atoms with Crippen LogP contribution < -0.4 is 5.73 Å². The Kier molecular flexibility index (Phi) is 16.0. The van der Waals surface area contributed by atoms with E-state index in [2.05, 4.69) is 25.8 Å². The summed E-state index contributed by atoms with van der Waals surface area (Å²) in [6.07, 6.45) is 7.13. The third kappa shape index (κ3) is 11.1. The topological polar surface area (TPSA) is 68.0 Å². The molecule has 1 fully saturated rings. The number of nitrogens with zero attached hydrogens (tertiary/aromatic N) is 2. The summed E-state index contributed by atoms with van der Waals surface area (Å²) in [7, 11) is 2.11. The summed E-state index contributed by atoms with van der Waals surface area (Å²) in [6.45, 7) is 12.0. The van der Waals surface area contributed by atoms with Crippen LogP contribution in [0.3, 0.4) is 0 Å². The van der Waals surface area contributed by atoms with Gasteiger partial charge in [0.25, 0.3) is 0 Å². The van der Waals surface area contributed by atoms with Crippen molar-refractivity contribution in [3.8, 4) is 0 Å². The zero-order valence-corrected chi connectivity index (χ0v) is 17.8. The lowest BCUT2D eigenvalue weighted by Gasteiger charge is -2.38. The molecule has 1 amide bonds. The molecule has 1 saturated heterocycles. The Morgan fingerprint density at radius 2 is 1.58 bits per heavy atom. The minimum atomic E-state index is -0.361. The van der Waals surface area contributed by atoms with Gasteiger partial charge in [-0.1, -0.05) is 39.5 Å². The maximum atomic E-state index is 12.1. The van der Waals surface area contributed by atoms with E-state index in [-0.39, 0.29) is 24.8 Å². The van der Waals surface area contributed by atoms with Gasteiger partial charge >= 0.3 is 0 Å². The molecule has 0 spiro atoms. The first-order valence-corrected chi connectivity index (χ1v) is 10.4. The van der Waals surface area contributed by atoms with Crippen LogP contribution >= 0.6 is 0 Å². The van der Waals surface area contributed by atoms with Gasteiger partial charge in [0.05, 0.1) is 13.1 Å². The number of hydrogen-bond donors (Lipinski definition) is 1. The largest absolute Gasteiger partial charge is 0.351 e. The lowest BCUT2D eigenvalue weighted by molar-refractivity contribution is -0.163. The Balaban J connectivity index is 0.000000896. The van der Waals surface area contributed by atoms with Gasteiger partial charge in [-0.05, 0) is 46.8 Å². The molecule has 1 rings (SSSR count). The van der Waals surface area contributed by atoms with Crippen molar-refractivity contribution in [2.75, 3.05) is 46.4 Å². The molecule has 2 N–H and O–H groups in total. The zero-order chi connectivity index (χ0) is 19.8. The van der Waals surface area contributed by atoms with Crippen molar-refractivity contribution in [3.63, 3.8) is 0 Å². The van der Waals surface area contributed by atoms with E-state index in [1.54, 1.807) is 0 Å². The molecule has 6 heteroatoms. The van der Waals surface area contributed by atoms with E-state index in [9.17, 15) is 4.79 Å². The van der Waals surface area contributed by atoms with E-state index in [0.29, 0.717) is 19.8 Å². The Morgan fingerprint density at radius 3 is 1.96 bits per heavy atom. The molecule has 26 heavy (non-hydrogen) atoms. The van der Waals surface area contributed by atoms with Crippen LogP contribution in [0.2, 0.25) is 0 Å². The molecule has 0 aromatic rings. The minimum absolute atomic E-state index is 0.0241. The maximum Gasteiger partial charge on any atom is 0.236 e. The van der Waals surface area contributed by atoms with E-state index < -0.39 is 0 Å². The van der Waals surface area contributed by atoms with Crippen LogP contribution in [0.25, 0.3) is 0 Å². The van der Waals surface area contributed by atoms with E-state index >= 15 is 0 Å². The van der Waals surface area contributed by atoms with Gasteiger partial charge in [-0.15, -0.1) is 0 Å². The second-order valence-electron chi connectivity index (χ2n) is 6.83. The van der Waals surface area contributed by atoms with Crippen molar-refractivity contribution in [1.29, 1.82) is 0 Å². The Bertz CT molecular complexity index is 324. The quantitative estimate of drug-likeness (QED) is 0.445. The van der Waals surface area contributed by atoms with Crippen LogP contribution in [0.1, 0.15) is 66.2 Å². The Morgan fingerprint density at radius 1 is 1.08 bits per heavy atom. The highest BCUT2D eigenvalue weighted by atomic mass is 16.7. The lowest BCUT2D eigenvalue weighted by atomic mass is 10.0. The fraction of sp³-hybridized carbons (Fsp3) is 0.950. The van der Waals surface area contributed by atoms with Gasteiger partial charge in [0.2, 0.25) is 5.91 Å². The van der Waals surface area contributed by atoms with Crippen LogP contribution in [-0.2, 0) is 14.3 Å². The van der Waals surface area contributed by atoms with Gasteiger partial charge in [0, 0.05) is 19.3 Å². The molecule has 156 valence electrons. The Labute approximate surface area is 161 Å². The first-order chi connectivity index (χ1) is 12.5. The van der Waals surface area contributed by atoms with Gasteiger partial charge in [-0.25, -0.2) is 0 Å². The van der Waals surface area contributed by atoms with Gasteiger partial charge in [-0.3, -0.25) is 4.79 Å². The van der Waals surface area contributed by atoms with Gasteiger partial charge in [-0.2, -0.15) is 0 Å². The van der Waals surface area contributed by atoms with Gasteiger partial charge in [0.15, 0.2) is 6.29 Å². The van der Waals surface area contributed by atoms with E-state index in [1.165, 1.54) is 25.7 Å². The van der Waals surface area contributed by atoms with Crippen LogP contribution in [0.4, 0.5) is 0 Å². The first kappa shape index (κ1) is 25.3. The molecule has 0 saturated carbocycles. The number of carbonyl (C=O) groups is 1. The average molecular weight is 374 g/mol. The number of piperidine rings is 1. The molecule has 6 nitrogen and oxygen atoms in total. The molecule has 0 aliphatic carbocycles. The highest BCUT2D eigenvalue weighted by Gasteiger charge is 2.28. The molecule has 1 heterocycles. The number of ether oxygens (including phenoxy) is 2. The third-order valence-electron chi connectivity index (χ3n) is 4.63. The van der Waals surface area contributed by atoms with Gasteiger partial charge in [0.1, 0.15) is 0 Å². The van der Waals surface area contributed by atoms with E-state index in [4.69, 9.17) is 15.2 Å². The minimum Gasteiger partial charge on any atom is -0.351 e. The molecule has 0 aromatic heterocycles. The Hall–Kier alpha value is -0.690. The van der Waals surface area contributed by atoms with Crippen molar-refractivity contribution in [2.45, 2.75) is 78.6 Å². The molecular formula is C20H43N3O3. The number of rotatable bonds is 11. The highest BCUT2D eigenvalue weighted by molar-refractivity contribution is 5.78. The summed E-state index contributed by atoms with van der Waals surface area (Å²) >= 11 is 0. The molecule has 0 unspecified atom stereocenters. The summed E-state index contributed by atoms with van der Waals surface area (Å²) < 4.78 is 11.1. The summed E-state index contributed by atoms with van der Waals surface area (Å²) in [5.74, 6) is -0.0241. The van der Waals surface area contributed by atoms with Crippen LogP contribution in [-0.4, -0.2) is 74.5 Å². The number of amides is 1. The molecule has 1 aliphatic heterocycles. The molecule has 0 radical (unpaired) electrons. The van der Waals surface area contributed by atoms with Crippen molar-refractivity contribution in [3.05, 3.63) is 0 Å². The number of carbonyl (C=O) groups excluding carboxylic acids is 1. The fourth-order valence-corrected chi connectivity index (χ4v) is 3.06. The standard InChI is InChI=1S/C14H29N3O3.C6H14/c1-4-19-14(20-5-2)11-17(13(18)10-15)12-6-8-16(3)9-7-12;1-3-5-6-4-2/h12,14H,4-11,15H2,1-3H3;3-6H2,1-2H3. The van der Waals surface area contributed by atoms with Crippen LogP contribution in [0, 0.1) is 0 Å². The predicted molar refractivity (Wildman–Crippen MR) is 108 cm³/mol. The summed E-state index contributed by atoms with van der Waals surface area (Å²) in [5.41, 5.74) is 5.55. The highest BCUT2D eigenvalue weighted by Crippen LogP contribution is 2.17. The summed E-state index contributed by atoms with van der Waals surface area (Å²) in [6, 6.07) is 0.241. The zero-order valence-electron chi connectivity index (χ0n) is 17.8. The smallest absolute Gasteiger partial charge is 0.236 e. The maximum absolute atomic E-state index is 12.1. The van der Waals surface area contributed by atoms with Crippen molar-refractivity contribution in [1.82, 2.24) is 9.80 Å². The van der Waals surface area contributed by atoms with E-state index in [0.717, 1.165) is 25.9 Å². The number of likely N-dealkylation sites (tertiary alicyclic amines) is 1. The average Bonchev–Trinajstić information content (AvgIpc) is 2.65. The molecular weight excluding hydrogens is 330 g/mol. The van der Waals surface area contributed by atoms with E-state index in [1.807, 2.05) is 18.7 Å². The SMILES string of the molecule is CCCCCC.CCOC(CN(C(=O)CN)C1CCN(C)CC1)OCC. The second-order valence-corrected chi connectivity index (χ2v) is 6.83. The number of nitrogens with two attached hydrogens (primary N) is 1. The molecule has 0 atom stereocenters. The number of unbranched alkanes of at least 4 members (excludes halogenated alkanes) is 3. The molecule has 0 bridgehead atoms. The van der Waals surface area contributed by atoms with Crippen molar-refractivity contribution >= 4 is 5.91 Å². The van der Waals surface area contributed by atoms with Crippen LogP contribution in [0.5, 0.6) is 0 Å². The van der Waals surface area contributed by atoms with Crippen LogP contribution in [0.15, 0.2) is 0 Å². The predicted octanol–water partition coefficient (Wildman–Crippen LogP) is 2.85. The monoisotopic (exact) mass is 373 g/mol. The van der Waals surface area contributed by atoms with Crippen molar-refractivity contribution in [2.24, 2.45) is 5.73 Å². The summed E-state index contributed by atoms with van der Waals surface area (Å²) in [5, 5.41) is 0. The second kappa shape index (κ2) is 16.5. The molecule has 0 aromatic carbocycles. The van der Waals surface area contributed by atoms with Gasteiger partial charge < -0.3 is 25.0 Å².